The van der Waals surface area contributed by atoms with Crippen molar-refractivity contribution < 1.29 is 39.3 Å². The Morgan fingerprint density at radius 1 is 1.13 bits per heavy atom. The fraction of sp³-hybridized carbons (Fsp3) is 0.737. The second kappa shape index (κ2) is 12.2. The van der Waals surface area contributed by atoms with Crippen molar-refractivity contribution in [2.24, 2.45) is 11.7 Å². The summed E-state index contributed by atoms with van der Waals surface area (Å²) >= 11 is 0. The Bertz CT molecular complexity index is 686. The average Bonchev–Trinajstić information content (AvgIpc) is 3.23. The highest BCUT2D eigenvalue weighted by atomic mass is 16.4. The number of rotatable bonds is 12. The van der Waals surface area contributed by atoms with Crippen LogP contribution < -0.4 is 16.4 Å². The molecule has 1 rings (SSSR count). The number of aliphatic hydroxyl groups excluding tert-OH is 1. The summed E-state index contributed by atoms with van der Waals surface area (Å²) < 4.78 is 0. The third-order valence-electron chi connectivity index (χ3n) is 5.41. The number of nitrogens with two attached hydrogens (primary N) is 1. The van der Waals surface area contributed by atoms with Crippen LogP contribution in [0.15, 0.2) is 0 Å². The molecule has 1 aliphatic rings. The van der Waals surface area contributed by atoms with Gasteiger partial charge in [0, 0.05) is 13.0 Å². The number of aliphatic carboxylic acids is 2. The molecule has 12 nitrogen and oxygen atoms in total. The lowest BCUT2D eigenvalue weighted by Crippen LogP contribution is -2.59. The van der Waals surface area contributed by atoms with Gasteiger partial charge >= 0.3 is 11.9 Å². The number of carbonyl (C=O) groups is 5. The third kappa shape index (κ3) is 7.47. The minimum atomic E-state index is -1.30. The van der Waals surface area contributed by atoms with Gasteiger partial charge in [-0.1, -0.05) is 20.3 Å². The molecule has 5 atom stereocenters. The van der Waals surface area contributed by atoms with Gasteiger partial charge in [-0.2, -0.15) is 0 Å². The Hall–Kier alpha value is -2.73. The van der Waals surface area contributed by atoms with Crippen LogP contribution in [0.4, 0.5) is 0 Å². The summed E-state index contributed by atoms with van der Waals surface area (Å²) in [5.74, 6) is -4.82. The van der Waals surface area contributed by atoms with Crippen LogP contribution in [0.2, 0.25) is 0 Å². The molecule has 0 saturated carbocycles. The Morgan fingerprint density at radius 3 is 2.29 bits per heavy atom. The quantitative estimate of drug-likeness (QED) is 0.202. The molecule has 1 saturated heterocycles. The van der Waals surface area contributed by atoms with Gasteiger partial charge in [-0.15, -0.1) is 0 Å². The molecule has 3 amide bonds. The molecule has 5 unspecified atom stereocenters. The summed E-state index contributed by atoms with van der Waals surface area (Å²) in [6, 6.07) is -4.61. The van der Waals surface area contributed by atoms with Crippen molar-refractivity contribution in [2.45, 2.75) is 70.1 Å². The van der Waals surface area contributed by atoms with Crippen molar-refractivity contribution in [3.8, 4) is 0 Å². The summed E-state index contributed by atoms with van der Waals surface area (Å²) in [5.41, 5.74) is 5.44. The highest BCUT2D eigenvalue weighted by Gasteiger charge is 2.40. The molecule has 12 heteroatoms. The van der Waals surface area contributed by atoms with Crippen molar-refractivity contribution in [1.29, 1.82) is 0 Å². The summed E-state index contributed by atoms with van der Waals surface area (Å²) in [5, 5.41) is 32.2. The number of hydrogen-bond acceptors (Lipinski definition) is 7. The Morgan fingerprint density at radius 2 is 1.77 bits per heavy atom. The molecule has 1 aliphatic heterocycles. The number of carbonyl (C=O) groups excluding carboxylic acids is 3. The molecule has 0 radical (unpaired) electrons. The van der Waals surface area contributed by atoms with Gasteiger partial charge in [-0.05, 0) is 25.2 Å². The second-order valence-corrected chi connectivity index (χ2v) is 7.68. The number of carboxylic acids is 2. The van der Waals surface area contributed by atoms with E-state index in [0.717, 1.165) is 0 Å². The van der Waals surface area contributed by atoms with Crippen molar-refractivity contribution in [1.82, 2.24) is 15.5 Å². The van der Waals surface area contributed by atoms with Gasteiger partial charge < -0.3 is 36.6 Å². The standard InChI is InChI=1S/C19H32N4O8/c1-3-10(2)15(18(29)23-8-4-5-13(23)19(30)31)22-17(28)12(6-7-14(25)26)21-16(27)11(20)9-24/h10-13,15,24H,3-9,20H2,1-2H3,(H,21,27)(H,22,28)(H,25,26)(H,30,31). The summed E-state index contributed by atoms with van der Waals surface area (Å²) in [6.07, 6.45) is 0.665. The van der Waals surface area contributed by atoms with E-state index in [1.165, 1.54) is 4.90 Å². The SMILES string of the molecule is CCC(C)C(NC(=O)C(CCC(=O)O)NC(=O)C(N)CO)C(=O)N1CCCC1C(=O)O. The number of nitrogens with zero attached hydrogens (tertiary/aromatic N) is 1. The molecular weight excluding hydrogens is 412 g/mol. The first-order chi connectivity index (χ1) is 14.5. The predicted molar refractivity (Wildman–Crippen MR) is 108 cm³/mol. The largest absolute Gasteiger partial charge is 0.481 e. The number of likely N-dealkylation sites (tertiary alicyclic amines) is 1. The van der Waals surface area contributed by atoms with E-state index in [9.17, 15) is 29.1 Å². The Labute approximate surface area is 180 Å². The van der Waals surface area contributed by atoms with Crippen LogP contribution in [0.5, 0.6) is 0 Å². The smallest absolute Gasteiger partial charge is 0.326 e. The first-order valence-corrected chi connectivity index (χ1v) is 10.3. The maximum atomic E-state index is 13.1. The number of nitrogens with one attached hydrogen (secondary N) is 2. The van der Waals surface area contributed by atoms with Crippen molar-refractivity contribution >= 4 is 29.7 Å². The molecule has 0 aliphatic carbocycles. The average molecular weight is 444 g/mol. The van der Waals surface area contributed by atoms with Gasteiger partial charge in [0.05, 0.1) is 6.61 Å². The van der Waals surface area contributed by atoms with E-state index >= 15 is 0 Å². The highest BCUT2D eigenvalue weighted by molar-refractivity contribution is 5.94. The van der Waals surface area contributed by atoms with Gasteiger partial charge in [-0.3, -0.25) is 19.2 Å². The van der Waals surface area contributed by atoms with Crippen LogP contribution in [-0.4, -0.2) is 87.2 Å². The van der Waals surface area contributed by atoms with E-state index in [4.69, 9.17) is 15.9 Å². The molecule has 0 aromatic carbocycles. The van der Waals surface area contributed by atoms with E-state index in [2.05, 4.69) is 10.6 Å². The maximum Gasteiger partial charge on any atom is 0.326 e. The predicted octanol–water partition coefficient (Wildman–Crippen LogP) is -1.74. The molecule has 1 fully saturated rings. The minimum Gasteiger partial charge on any atom is -0.481 e. The summed E-state index contributed by atoms with van der Waals surface area (Å²) in [7, 11) is 0. The van der Waals surface area contributed by atoms with Crippen LogP contribution in [-0.2, 0) is 24.0 Å². The molecule has 0 aromatic rings. The second-order valence-electron chi connectivity index (χ2n) is 7.68. The Balaban J connectivity index is 3.03. The van der Waals surface area contributed by atoms with Crippen molar-refractivity contribution in [3.05, 3.63) is 0 Å². The lowest BCUT2D eigenvalue weighted by Gasteiger charge is -2.31. The normalized spacial score (nSPS) is 19.7. The monoisotopic (exact) mass is 444 g/mol. The van der Waals surface area contributed by atoms with Gasteiger partial charge in [0.25, 0.3) is 0 Å². The van der Waals surface area contributed by atoms with Crippen LogP contribution in [0.3, 0.4) is 0 Å². The van der Waals surface area contributed by atoms with E-state index in [1.54, 1.807) is 13.8 Å². The van der Waals surface area contributed by atoms with E-state index in [-0.39, 0.29) is 18.9 Å². The van der Waals surface area contributed by atoms with Crippen molar-refractivity contribution in [2.75, 3.05) is 13.2 Å². The molecule has 0 bridgehead atoms. The third-order valence-corrected chi connectivity index (χ3v) is 5.41. The van der Waals surface area contributed by atoms with Gasteiger partial charge in [0.15, 0.2) is 0 Å². The van der Waals surface area contributed by atoms with Crippen LogP contribution in [0.1, 0.15) is 46.0 Å². The van der Waals surface area contributed by atoms with Crippen LogP contribution >= 0.6 is 0 Å². The van der Waals surface area contributed by atoms with Gasteiger partial charge in [-0.25, -0.2) is 4.79 Å². The maximum absolute atomic E-state index is 13.1. The lowest BCUT2D eigenvalue weighted by molar-refractivity contribution is -0.150. The topological polar surface area (TPSA) is 199 Å². The fourth-order valence-electron chi connectivity index (χ4n) is 3.30. The highest BCUT2D eigenvalue weighted by Crippen LogP contribution is 2.21. The number of amides is 3. The Kier molecular flexibility index (Phi) is 10.4. The summed E-state index contributed by atoms with van der Waals surface area (Å²) in [4.78, 5) is 61.6. The molecular formula is C19H32N4O8. The molecule has 0 spiro atoms. The minimum absolute atomic E-state index is 0.253. The lowest BCUT2D eigenvalue weighted by atomic mass is 9.96. The molecule has 1 heterocycles. The fourth-order valence-corrected chi connectivity index (χ4v) is 3.30. The van der Waals surface area contributed by atoms with E-state index in [1.807, 2.05) is 0 Å². The zero-order valence-electron chi connectivity index (χ0n) is 17.7. The number of aliphatic hydroxyl groups is 1. The molecule has 0 aromatic heterocycles. The first-order valence-electron chi connectivity index (χ1n) is 10.3. The molecule has 176 valence electrons. The molecule has 31 heavy (non-hydrogen) atoms. The zero-order chi connectivity index (χ0) is 23.7. The number of carboxylic acid groups (broad SMARTS) is 2. The van der Waals surface area contributed by atoms with Crippen molar-refractivity contribution in [3.63, 3.8) is 0 Å². The zero-order valence-corrected chi connectivity index (χ0v) is 17.7. The van der Waals surface area contributed by atoms with Gasteiger partial charge in [0.1, 0.15) is 24.2 Å². The molecule has 7 N–H and O–H groups in total. The van der Waals surface area contributed by atoms with E-state index < -0.39 is 66.9 Å². The first kappa shape index (κ1) is 26.3. The number of hydrogen-bond donors (Lipinski definition) is 6. The van der Waals surface area contributed by atoms with Crippen LogP contribution in [0, 0.1) is 5.92 Å². The summed E-state index contributed by atoms with van der Waals surface area (Å²) in [6.45, 7) is 3.11. The van der Waals surface area contributed by atoms with Gasteiger partial charge in [0.2, 0.25) is 17.7 Å². The van der Waals surface area contributed by atoms with Crippen LogP contribution in [0.25, 0.3) is 0 Å². The van der Waals surface area contributed by atoms with E-state index in [0.29, 0.717) is 19.3 Å².